The van der Waals surface area contributed by atoms with Gasteiger partial charge in [0, 0.05) is 49.4 Å². The molecule has 2 aromatic rings. The second-order valence-electron chi connectivity index (χ2n) is 8.73. The van der Waals surface area contributed by atoms with Gasteiger partial charge >= 0.3 is 0 Å². The summed E-state index contributed by atoms with van der Waals surface area (Å²) in [6.45, 7) is 1.65. The number of aromatic nitrogens is 1. The fourth-order valence-electron chi connectivity index (χ4n) is 4.80. The van der Waals surface area contributed by atoms with E-state index in [-0.39, 0.29) is 24.7 Å². The van der Waals surface area contributed by atoms with Gasteiger partial charge in [-0.05, 0) is 48.6 Å². The Morgan fingerprint density at radius 1 is 1.26 bits per heavy atom. The quantitative estimate of drug-likeness (QED) is 0.797. The standard InChI is InChI=1S/C23H25F2N3O3/c1-27-13-16-10-17(2-3-18(16)22(27)30)28-8-9-31-19-11-15(12-26-21(19)28)20(29)14-4-6-23(24,25)7-5-14/h2-3,10-12,14,20,29H,4-9,13H2,1H3. The van der Waals surface area contributed by atoms with Crippen LogP contribution in [0.4, 0.5) is 20.3 Å². The van der Waals surface area contributed by atoms with Gasteiger partial charge in [-0.15, -0.1) is 0 Å². The molecule has 8 heteroatoms. The van der Waals surface area contributed by atoms with Gasteiger partial charge in [0.25, 0.3) is 5.91 Å². The highest BCUT2D eigenvalue weighted by molar-refractivity contribution is 5.98. The van der Waals surface area contributed by atoms with Crippen molar-refractivity contribution in [3.05, 3.63) is 47.2 Å². The molecule has 31 heavy (non-hydrogen) atoms. The second kappa shape index (κ2) is 7.44. The molecule has 1 aromatic carbocycles. The molecule has 1 fully saturated rings. The number of nitrogens with zero attached hydrogens (tertiary/aromatic N) is 3. The maximum Gasteiger partial charge on any atom is 0.254 e. The summed E-state index contributed by atoms with van der Waals surface area (Å²) in [7, 11) is 1.79. The van der Waals surface area contributed by atoms with Crippen LogP contribution in [0.15, 0.2) is 30.5 Å². The Bertz CT molecular complexity index is 1020. The van der Waals surface area contributed by atoms with Crippen molar-refractivity contribution >= 4 is 17.4 Å². The summed E-state index contributed by atoms with van der Waals surface area (Å²) in [5, 5.41) is 10.8. The minimum Gasteiger partial charge on any atom is -0.488 e. The van der Waals surface area contributed by atoms with Crippen LogP contribution in [-0.2, 0) is 6.54 Å². The number of hydrogen-bond acceptors (Lipinski definition) is 5. The van der Waals surface area contributed by atoms with E-state index in [9.17, 15) is 18.7 Å². The van der Waals surface area contributed by atoms with Crippen molar-refractivity contribution in [2.45, 2.75) is 44.3 Å². The molecule has 1 aliphatic carbocycles. The lowest BCUT2D eigenvalue weighted by molar-refractivity contribution is -0.0627. The lowest BCUT2D eigenvalue weighted by atomic mass is 9.81. The number of benzene rings is 1. The molecule has 1 saturated carbocycles. The van der Waals surface area contributed by atoms with Crippen LogP contribution < -0.4 is 9.64 Å². The zero-order valence-electron chi connectivity index (χ0n) is 17.4. The minimum absolute atomic E-state index is 0.0288. The number of aliphatic hydroxyl groups is 1. The summed E-state index contributed by atoms with van der Waals surface area (Å²) in [6, 6.07) is 7.55. The van der Waals surface area contributed by atoms with E-state index in [1.807, 2.05) is 23.1 Å². The molecule has 0 saturated heterocycles. The smallest absolute Gasteiger partial charge is 0.254 e. The summed E-state index contributed by atoms with van der Waals surface area (Å²) in [4.78, 5) is 20.5. The van der Waals surface area contributed by atoms with Crippen LogP contribution >= 0.6 is 0 Å². The van der Waals surface area contributed by atoms with E-state index >= 15 is 0 Å². The van der Waals surface area contributed by atoms with Crippen molar-refractivity contribution in [2.75, 3.05) is 25.1 Å². The van der Waals surface area contributed by atoms with Crippen molar-refractivity contribution in [1.29, 1.82) is 0 Å². The first kappa shape index (κ1) is 20.2. The van der Waals surface area contributed by atoms with Gasteiger partial charge in [0.05, 0.1) is 12.6 Å². The van der Waals surface area contributed by atoms with Crippen LogP contribution in [0.25, 0.3) is 0 Å². The number of rotatable bonds is 3. The predicted molar refractivity (Wildman–Crippen MR) is 111 cm³/mol. The average molecular weight is 429 g/mol. The van der Waals surface area contributed by atoms with Crippen molar-refractivity contribution in [2.24, 2.45) is 5.92 Å². The molecule has 1 N–H and O–H groups in total. The minimum atomic E-state index is -2.62. The number of carbonyl (C=O) groups excluding carboxylic acids is 1. The Morgan fingerprint density at radius 2 is 2.03 bits per heavy atom. The van der Waals surface area contributed by atoms with Crippen molar-refractivity contribution in [3.8, 4) is 5.75 Å². The molecule has 3 aliphatic rings. The Morgan fingerprint density at radius 3 is 2.81 bits per heavy atom. The molecule has 0 spiro atoms. The number of aliphatic hydroxyl groups excluding tert-OH is 1. The van der Waals surface area contributed by atoms with Crippen molar-refractivity contribution < 1.29 is 23.4 Å². The van der Waals surface area contributed by atoms with E-state index in [2.05, 4.69) is 4.98 Å². The van der Waals surface area contributed by atoms with Gasteiger partial charge in [0.1, 0.15) is 6.61 Å². The third-order valence-electron chi connectivity index (χ3n) is 6.62. The van der Waals surface area contributed by atoms with Crippen LogP contribution in [0.5, 0.6) is 5.75 Å². The normalized spacial score (nSPS) is 21.5. The zero-order chi connectivity index (χ0) is 21.8. The highest BCUT2D eigenvalue weighted by Gasteiger charge is 2.38. The summed E-state index contributed by atoms with van der Waals surface area (Å²) in [5.41, 5.74) is 3.24. The molecule has 2 aliphatic heterocycles. The van der Waals surface area contributed by atoms with Gasteiger partial charge in [-0.3, -0.25) is 4.79 Å². The number of amides is 1. The first-order valence-corrected chi connectivity index (χ1v) is 10.7. The molecule has 1 aromatic heterocycles. The average Bonchev–Trinajstić information content (AvgIpc) is 3.05. The van der Waals surface area contributed by atoms with Gasteiger partial charge < -0.3 is 19.6 Å². The highest BCUT2D eigenvalue weighted by Crippen LogP contribution is 2.43. The molecule has 1 atom stereocenters. The molecule has 0 radical (unpaired) electrons. The Balaban J connectivity index is 1.39. The maximum atomic E-state index is 13.5. The Labute approximate surface area is 179 Å². The Hall–Kier alpha value is -2.74. The van der Waals surface area contributed by atoms with Gasteiger partial charge in [0.2, 0.25) is 5.92 Å². The van der Waals surface area contributed by atoms with Crippen LogP contribution in [0.3, 0.4) is 0 Å². The fourth-order valence-corrected chi connectivity index (χ4v) is 4.80. The number of carbonyl (C=O) groups is 1. The van der Waals surface area contributed by atoms with Gasteiger partial charge in [-0.2, -0.15) is 0 Å². The summed E-state index contributed by atoms with van der Waals surface area (Å²) < 4.78 is 32.7. The van der Waals surface area contributed by atoms with E-state index in [1.54, 1.807) is 24.2 Å². The molecule has 1 unspecified atom stereocenters. The lowest BCUT2D eigenvalue weighted by Gasteiger charge is -2.33. The third kappa shape index (κ3) is 3.63. The van der Waals surface area contributed by atoms with E-state index in [4.69, 9.17) is 4.74 Å². The van der Waals surface area contributed by atoms with Crippen LogP contribution in [0.2, 0.25) is 0 Å². The summed E-state index contributed by atoms with van der Waals surface area (Å²) >= 11 is 0. The highest BCUT2D eigenvalue weighted by atomic mass is 19.3. The number of ether oxygens (including phenoxy) is 1. The first-order chi connectivity index (χ1) is 14.8. The molecule has 1 amide bonds. The second-order valence-corrected chi connectivity index (χ2v) is 8.73. The van der Waals surface area contributed by atoms with E-state index in [0.717, 1.165) is 16.8 Å². The largest absolute Gasteiger partial charge is 0.488 e. The molecular weight excluding hydrogens is 404 g/mol. The molecule has 5 rings (SSSR count). The number of alkyl halides is 2. The van der Waals surface area contributed by atoms with E-state index in [0.29, 0.717) is 49.7 Å². The van der Waals surface area contributed by atoms with E-state index in [1.165, 1.54) is 0 Å². The summed E-state index contributed by atoms with van der Waals surface area (Å²) in [6.07, 6.45) is 0.985. The Kier molecular flexibility index (Phi) is 4.84. The number of anilines is 2. The SMILES string of the molecule is CN1Cc2cc(N3CCOc4cc(C(O)C5CCC(F)(F)CC5)cnc43)ccc2C1=O. The molecule has 3 heterocycles. The molecular formula is C23H25F2N3O3. The van der Waals surface area contributed by atoms with Crippen LogP contribution in [0, 0.1) is 5.92 Å². The number of fused-ring (bicyclic) bond motifs is 2. The number of hydrogen-bond donors (Lipinski definition) is 1. The zero-order valence-corrected chi connectivity index (χ0v) is 17.4. The molecule has 164 valence electrons. The lowest BCUT2D eigenvalue weighted by Crippen LogP contribution is -2.30. The fraction of sp³-hybridized carbons (Fsp3) is 0.478. The van der Waals surface area contributed by atoms with Gasteiger partial charge in [-0.1, -0.05) is 0 Å². The number of pyridine rings is 1. The van der Waals surface area contributed by atoms with Crippen molar-refractivity contribution in [3.63, 3.8) is 0 Å². The van der Waals surface area contributed by atoms with Gasteiger partial charge in [-0.25, -0.2) is 13.8 Å². The molecule has 0 bridgehead atoms. The van der Waals surface area contributed by atoms with Crippen LogP contribution in [-0.4, -0.2) is 47.0 Å². The third-order valence-corrected chi connectivity index (χ3v) is 6.62. The summed E-state index contributed by atoms with van der Waals surface area (Å²) in [5.74, 6) is -1.58. The first-order valence-electron chi connectivity index (χ1n) is 10.7. The molecule has 6 nitrogen and oxygen atoms in total. The predicted octanol–water partition coefficient (Wildman–Crippen LogP) is 4.06. The topological polar surface area (TPSA) is 65.9 Å². The number of halogens is 2. The maximum absolute atomic E-state index is 13.5. The monoisotopic (exact) mass is 429 g/mol. The van der Waals surface area contributed by atoms with Gasteiger partial charge in [0.15, 0.2) is 11.6 Å². The van der Waals surface area contributed by atoms with Crippen molar-refractivity contribution in [1.82, 2.24) is 9.88 Å². The van der Waals surface area contributed by atoms with Crippen LogP contribution in [0.1, 0.15) is 53.3 Å². The van der Waals surface area contributed by atoms with E-state index < -0.39 is 12.0 Å².